The van der Waals surface area contributed by atoms with Crippen LogP contribution in [0.3, 0.4) is 0 Å². The Balaban J connectivity index is 2.12. The Morgan fingerprint density at radius 2 is 1.04 bits per heavy atom. The lowest BCUT2D eigenvalue weighted by Gasteiger charge is -2.34. The Kier molecular flexibility index (Phi) is 5.41. The average molecular weight is 352 g/mol. The predicted molar refractivity (Wildman–Crippen MR) is 94.2 cm³/mol. The van der Waals surface area contributed by atoms with E-state index in [0.717, 1.165) is 11.1 Å². The average Bonchev–Trinajstić information content (AvgIpc) is 2.72. The minimum Gasteiger partial charge on any atom is -0.469 e. The van der Waals surface area contributed by atoms with Crippen molar-refractivity contribution < 1.29 is 19.1 Å². The van der Waals surface area contributed by atoms with Gasteiger partial charge >= 0.3 is 11.9 Å². The highest BCUT2D eigenvalue weighted by Gasteiger charge is 2.49. The molecule has 3 rings (SSSR count). The van der Waals surface area contributed by atoms with Crippen molar-refractivity contribution in [2.45, 2.75) is 12.1 Å². The SMILES string of the molecule is COC(=O)[C@@H]1C(c2ccccc2)N=NC(c2ccccc2)[C@H]1C(=O)OC. The van der Waals surface area contributed by atoms with Gasteiger partial charge in [0.15, 0.2) is 0 Å². The molecule has 0 aromatic heterocycles. The number of nitrogens with zero attached hydrogens (tertiary/aromatic N) is 2. The topological polar surface area (TPSA) is 77.3 Å². The molecule has 0 fully saturated rings. The molecule has 0 aliphatic carbocycles. The number of rotatable bonds is 4. The molecule has 0 saturated heterocycles. The summed E-state index contributed by atoms with van der Waals surface area (Å²) in [6, 6.07) is 17.4. The number of methoxy groups -OCH3 is 2. The molecule has 2 aromatic rings. The second kappa shape index (κ2) is 7.91. The van der Waals surface area contributed by atoms with E-state index in [4.69, 9.17) is 9.47 Å². The molecule has 2 aromatic carbocycles. The molecule has 134 valence electrons. The highest BCUT2D eigenvalue weighted by molar-refractivity contribution is 5.84. The van der Waals surface area contributed by atoms with Crippen LogP contribution in [0.2, 0.25) is 0 Å². The maximum atomic E-state index is 12.6. The summed E-state index contributed by atoms with van der Waals surface area (Å²) in [5.74, 6) is -2.65. The normalized spacial score (nSPS) is 24.7. The van der Waals surface area contributed by atoms with Crippen LogP contribution < -0.4 is 0 Å². The third-order valence-corrected chi connectivity index (χ3v) is 4.61. The van der Waals surface area contributed by atoms with Crippen molar-refractivity contribution in [2.75, 3.05) is 14.2 Å². The van der Waals surface area contributed by atoms with Gasteiger partial charge in [0.2, 0.25) is 0 Å². The Bertz CT molecular complexity index is 724. The Morgan fingerprint density at radius 3 is 1.35 bits per heavy atom. The Hall–Kier alpha value is -3.02. The first-order valence-corrected chi connectivity index (χ1v) is 8.33. The van der Waals surface area contributed by atoms with E-state index in [9.17, 15) is 9.59 Å². The lowest BCUT2D eigenvalue weighted by molar-refractivity contribution is -0.160. The van der Waals surface area contributed by atoms with Crippen molar-refractivity contribution in [3.05, 3.63) is 71.8 Å². The summed E-state index contributed by atoms with van der Waals surface area (Å²) in [4.78, 5) is 25.3. The zero-order valence-corrected chi connectivity index (χ0v) is 14.6. The van der Waals surface area contributed by atoms with Crippen LogP contribution in [-0.4, -0.2) is 26.2 Å². The molecule has 0 saturated carbocycles. The smallest absolute Gasteiger partial charge is 0.312 e. The first-order chi connectivity index (χ1) is 12.7. The third kappa shape index (κ3) is 3.35. The van der Waals surface area contributed by atoms with Crippen LogP contribution in [0.5, 0.6) is 0 Å². The van der Waals surface area contributed by atoms with E-state index in [1.165, 1.54) is 14.2 Å². The molecular weight excluding hydrogens is 332 g/mol. The van der Waals surface area contributed by atoms with E-state index in [-0.39, 0.29) is 0 Å². The summed E-state index contributed by atoms with van der Waals surface area (Å²) in [6.45, 7) is 0. The molecule has 0 bridgehead atoms. The molecule has 1 aliphatic rings. The summed E-state index contributed by atoms with van der Waals surface area (Å²) in [7, 11) is 2.62. The van der Waals surface area contributed by atoms with Crippen molar-refractivity contribution in [3.8, 4) is 0 Å². The minimum absolute atomic E-state index is 0.506. The van der Waals surface area contributed by atoms with Crippen molar-refractivity contribution >= 4 is 11.9 Å². The maximum absolute atomic E-state index is 12.6. The van der Waals surface area contributed by atoms with Crippen molar-refractivity contribution in [1.82, 2.24) is 0 Å². The van der Waals surface area contributed by atoms with Gasteiger partial charge in [-0.05, 0) is 11.1 Å². The quantitative estimate of drug-likeness (QED) is 0.789. The second-order valence-electron chi connectivity index (χ2n) is 6.04. The number of hydrogen-bond acceptors (Lipinski definition) is 6. The first-order valence-electron chi connectivity index (χ1n) is 8.33. The number of azo groups is 1. The van der Waals surface area contributed by atoms with Gasteiger partial charge in [-0.2, -0.15) is 10.2 Å². The number of esters is 2. The van der Waals surface area contributed by atoms with Crippen LogP contribution in [-0.2, 0) is 19.1 Å². The van der Waals surface area contributed by atoms with Crippen molar-refractivity contribution in [3.63, 3.8) is 0 Å². The van der Waals surface area contributed by atoms with Crippen LogP contribution in [0.1, 0.15) is 23.2 Å². The summed E-state index contributed by atoms with van der Waals surface area (Å²) in [5.41, 5.74) is 1.60. The number of benzene rings is 2. The minimum atomic E-state index is -0.822. The largest absolute Gasteiger partial charge is 0.469 e. The number of carbonyl (C=O) groups is 2. The molecule has 0 amide bonds. The van der Waals surface area contributed by atoms with Crippen LogP contribution in [0, 0.1) is 11.8 Å². The number of ether oxygens (including phenoxy) is 2. The van der Waals surface area contributed by atoms with E-state index < -0.39 is 35.9 Å². The molecule has 26 heavy (non-hydrogen) atoms. The molecule has 1 aliphatic heterocycles. The van der Waals surface area contributed by atoms with Gasteiger partial charge in [0.1, 0.15) is 23.9 Å². The van der Waals surface area contributed by atoms with E-state index in [1.54, 1.807) is 0 Å². The molecular formula is C20H20N2O4. The Morgan fingerprint density at radius 1 is 0.692 bits per heavy atom. The summed E-state index contributed by atoms with van der Waals surface area (Å²) >= 11 is 0. The molecule has 4 atom stereocenters. The first kappa shape index (κ1) is 17.8. The molecule has 6 heteroatoms. The third-order valence-electron chi connectivity index (χ3n) is 4.61. The van der Waals surface area contributed by atoms with Gasteiger partial charge in [-0.1, -0.05) is 60.7 Å². The number of carbonyl (C=O) groups excluding carboxylic acids is 2. The Labute approximate surface area is 151 Å². The molecule has 2 unspecified atom stereocenters. The molecule has 6 nitrogen and oxygen atoms in total. The lowest BCUT2D eigenvalue weighted by Crippen LogP contribution is -2.40. The zero-order valence-electron chi connectivity index (χ0n) is 14.6. The van der Waals surface area contributed by atoms with Gasteiger partial charge in [-0.3, -0.25) is 9.59 Å². The van der Waals surface area contributed by atoms with Crippen molar-refractivity contribution in [2.24, 2.45) is 22.1 Å². The predicted octanol–water partition coefficient (Wildman–Crippen LogP) is 3.51. The van der Waals surface area contributed by atoms with Crippen LogP contribution >= 0.6 is 0 Å². The molecule has 0 radical (unpaired) electrons. The van der Waals surface area contributed by atoms with Gasteiger partial charge in [0.25, 0.3) is 0 Å². The molecule has 0 N–H and O–H groups in total. The fourth-order valence-corrected chi connectivity index (χ4v) is 3.35. The van der Waals surface area contributed by atoms with E-state index >= 15 is 0 Å². The zero-order chi connectivity index (χ0) is 18.5. The fourth-order valence-electron chi connectivity index (χ4n) is 3.35. The van der Waals surface area contributed by atoms with Crippen molar-refractivity contribution in [1.29, 1.82) is 0 Å². The number of hydrogen-bond donors (Lipinski definition) is 0. The van der Waals surface area contributed by atoms with E-state index in [1.807, 2.05) is 60.7 Å². The fraction of sp³-hybridized carbons (Fsp3) is 0.300. The van der Waals surface area contributed by atoms with Gasteiger partial charge in [-0.25, -0.2) is 0 Å². The highest BCUT2D eigenvalue weighted by atomic mass is 16.5. The van der Waals surface area contributed by atoms with E-state index in [0.29, 0.717) is 0 Å². The van der Waals surface area contributed by atoms with Gasteiger partial charge in [0.05, 0.1) is 14.2 Å². The van der Waals surface area contributed by atoms with Gasteiger partial charge in [0, 0.05) is 0 Å². The van der Waals surface area contributed by atoms with Crippen LogP contribution in [0.15, 0.2) is 70.9 Å². The summed E-state index contributed by atoms with van der Waals surface area (Å²) < 4.78 is 10.0. The maximum Gasteiger partial charge on any atom is 0.312 e. The second-order valence-corrected chi connectivity index (χ2v) is 6.04. The van der Waals surface area contributed by atoms with E-state index in [2.05, 4.69) is 10.2 Å². The molecule has 0 spiro atoms. The summed E-state index contributed by atoms with van der Waals surface area (Å²) in [6.07, 6.45) is 0. The van der Waals surface area contributed by atoms with Gasteiger partial charge in [-0.15, -0.1) is 0 Å². The monoisotopic (exact) mass is 352 g/mol. The lowest BCUT2D eigenvalue weighted by atomic mass is 9.76. The highest BCUT2D eigenvalue weighted by Crippen LogP contribution is 2.45. The summed E-state index contributed by atoms with van der Waals surface area (Å²) in [5, 5.41) is 8.78. The standard InChI is InChI=1S/C20H20N2O4/c1-25-19(23)15-16(20(24)26-2)18(14-11-7-4-8-12-14)22-21-17(15)13-9-5-3-6-10-13/h3-12,15-18H,1-2H3/t15-,16-,17?,18?/m0/s1. The van der Waals surface area contributed by atoms with Crippen LogP contribution in [0.25, 0.3) is 0 Å². The molecule has 1 heterocycles. The van der Waals surface area contributed by atoms with Crippen LogP contribution in [0.4, 0.5) is 0 Å². The van der Waals surface area contributed by atoms with Gasteiger partial charge < -0.3 is 9.47 Å².